The van der Waals surface area contributed by atoms with Crippen LogP contribution < -0.4 is 10.5 Å². The van der Waals surface area contributed by atoms with Gasteiger partial charge in [0.25, 0.3) is 5.56 Å². The average Bonchev–Trinajstić information content (AvgIpc) is 3.48. The van der Waals surface area contributed by atoms with Crippen LogP contribution in [0.1, 0.15) is 97.9 Å². The molecule has 0 amide bonds. The van der Waals surface area contributed by atoms with Gasteiger partial charge in [-0.1, -0.05) is 111 Å². The minimum absolute atomic E-state index is 0.0315. The maximum atomic E-state index is 15.3. The molecule has 0 N–H and O–H groups in total. The van der Waals surface area contributed by atoms with Crippen molar-refractivity contribution in [3.05, 3.63) is 122 Å². The fraction of sp³-hybridized carbons (Fsp3) is 0.400. The lowest BCUT2D eigenvalue weighted by atomic mass is 9.87. The van der Waals surface area contributed by atoms with Gasteiger partial charge >= 0.3 is 0 Å². The first-order valence-electron chi connectivity index (χ1n) is 17.5. The number of anilines is 1. The molecule has 5 nitrogen and oxygen atoms in total. The quantitative estimate of drug-likeness (QED) is 0.181. The zero-order valence-electron chi connectivity index (χ0n) is 27.2. The lowest BCUT2D eigenvalue weighted by Crippen LogP contribution is -2.48. The summed E-state index contributed by atoms with van der Waals surface area (Å²) in [4.78, 5) is 28.1. The molecule has 3 aromatic carbocycles. The minimum Gasteiger partial charge on any atom is -0.336 e. The smallest absolute Gasteiger partial charge is 0.268 e. The lowest BCUT2D eigenvalue weighted by molar-refractivity contribution is 0.185. The highest BCUT2D eigenvalue weighted by Crippen LogP contribution is 2.48. The van der Waals surface area contributed by atoms with Gasteiger partial charge < -0.3 is 4.90 Å². The van der Waals surface area contributed by atoms with Crippen LogP contribution in [0.25, 0.3) is 15.9 Å². The standard InChI is InChI=1S/C40H43ClN4OS/c1-43-34(27-14-6-2-7-15-27)26-33-35-38(47-37(33)36(43)28-16-8-3-9-17-28)42-40(45(39(35)46)32-24-22-29(41)23-25-32)44(30-18-10-4-11-19-30)31-20-12-5-13-21-31/h2-3,6-9,14-17,22-25,30-31,34,36H,4-5,10-13,18-21,26H2,1H3. The van der Waals surface area contributed by atoms with Gasteiger partial charge in [-0.15, -0.1) is 11.3 Å². The summed E-state index contributed by atoms with van der Waals surface area (Å²) < 4.78 is 1.95. The molecule has 2 atom stereocenters. The maximum Gasteiger partial charge on any atom is 0.268 e. The van der Waals surface area contributed by atoms with Gasteiger partial charge in [-0.25, -0.2) is 9.55 Å². The molecule has 47 heavy (non-hydrogen) atoms. The monoisotopic (exact) mass is 662 g/mol. The summed E-state index contributed by atoms with van der Waals surface area (Å²) in [6, 6.07) is 30.3. The second-order valence-electron chi connectivity index (χ2n) is 13.8. The number of aromatic nitrogens is 2. The summed E-state index contributed by atoms with van der Waals surface area (Å²) in [6.07, 6.45) is 12.9. The third-order valence-electron chi connectivity index (χ3n) is 10.9. The summed E-state index contributed by atoms with van der Waals surface area (Å²) in [5.41, 5.74) is 4.55. The number of likely N-dealkylation sites (N-methyl/N-ethyl adjacent to an activating group) is 1. The number of hydrogen-bond donors (Lipinski definition) is 0. The Bertz CT molecular complexity index is 1870. The molecule has 3 aliphatic rings. The first-order chi connectivity index (χ1) is 23.1. The van der Waals surface area contributed by atoms with Crippen LogP contribution in [0.3, 0.4) is 0 Å². The molecule has 0 bridgehead atoms. The number of benzene rings is 3. The molecule has 8 rings (SSSR count). The molecular formula is C40H43ClN4OS. The van der Waals surface area contributed by atoms with E-state index in [4.69, 9.17) is 16.6 Å². The molecule has 1 aliphatic heterocycles. The molecule has 0 saturated heterocycles. The van der Waals surface area contributed by atoms with E-state index in [1.165, 1.54) is 54.5 Å². The predicted molar refractivity (Wildman–Crippen MR) is 195 cm³/mol. The Balaban J connectivity index is 1.38. The van der Waals surface area contributed by atoms with Crippen LogP contribution in [0.4, 0.5) is 5.95 Å². The van der Waals surface area contributed by atoms with Crippen molar-refractivity contribution in [2.45, 2.75) is 94.8 Å². The Morgan fingerprint density at radius 3 is 1.94 bits per heavy atom. The first-order valence-corrected chi connectivity index (χ1v) is 18.7. The highest BCUT2D eigenvalue weighted by molar-refractivity contribution is 7.19. The second-order valence-corrected chi connectivity index (χ2v) is 15.2. The van der Waals surface area contributed by atoms with Crippen LogP contribution in [-0.4, -0.2) is 33.6 Å². The van der Waals surface area contributed by atoms with E-state index >= 15 is 4.79 Å². The van der Waals surface area contributed by atoms with Crippen molar-refractivity contribution < 1.29 is 0 Å². The van der Waals surface area contributed by atoms with Gasteiger partial charge in [-0.05, 0) is 80.1 Å². The zero-order valence-corrected chi connectivity index (χ0v) is 28.7. The molecule has 3 heterocycles. The van der Waals surface area contributed by atoms with E-state index in [0.717, 1.165) is 59.5 Å². The Hall–Kier alpha value is -3.45. The van der Waals surface area contributed by atoms with Crippen LogP contribution in [0, 0.1) is 0 Å². The normalized spacial score (nSPS) is 21.1. The van der Waals surface area contributed by atoms with Crippen molar-refractivity contribution >= 4 is 39.1 Å². The molecule has 0 spiro atoms. The molecular weight excluding hydrogens is 620 g/mol. The highest BCUT2D eigenvalue weighted by Gasteiger charge is 2.39. The van der Waals surface area contributed by atoms with Crippen LogP contribution in [-0.2, 0) is 6.42 Å². The van der Waals surface area contributed by atoms with E-state index in [0.29, 0.717) is 17.1 Å². The molecule has 0 radical (unpaired) electrons. The van der Waals surface area contributed by atoms with Gasteiger partial charge in [-0.2, -0.15) is 0 Å². The molecule has 2 saturated carbocycles. The topological polar surface area (TPSA) is 41.4 Å². The number of nitrogens with zero attached hydrogens (tertiary/aromatic N) is 4. The molecule has 2 unspecified atom stereocenters. The Kier molecular flexibility index (Phi) is 8.68. The number of rotatable bonds is 6. The van der Waals surface area contributed by atoms with Crippen molar-refractivity contribution in [2.24, 2.45) is 0 Å². The predicted octanol–water partition coefficient (Wildman–Crippen LogP) is 9.89. The largest absolute Gasteiger partial charge is 0.336 e. The summed E-state index contributed by atoms with van der Waals surface area (Å²) in [6.45, 7) is 0. The summed E-state index contributed by atoms with van der Waals surface area (Å²) in [7, 11) is 2.24. The Labute approximate surface area is 286 Å². The first kappa shape index (κ1) is 30.9. The van der Waals surface area contributed by atoms with Crippen LogP contribution in [0.5, 0.6) is 0 Å². The van der Waals surface area contributed by atoms with E-state index < -0.39 is 0 Å². The lowest BCUT2D eigenvalue weighted by Gasteiger charge is -2.43. The minimum atomic E-state index is 0.0315. The fourth-order valence-electron chi connectivity index (χ4n) is 8.63. The van der Waals surface area contributed by atoms with Gasteiger partial charge in [0.15, 0.2) is 0 Å². The third-order valence-corrected chi connectivity index (χ3v) is 12.4. The van der Waals surface area contributed by atoms with Gasteiger partial charge in [-0.3, -0.25) is 9.69 Å². The van der Waals surface area contributed by atoms with Crippen molar-refractivity contribution in [1.82, 2.24) is 14.5 Å². The number of halogens is 1. The Morgan fingerprint density at radius 2 is 1.34 bits per heavy atom. The number of fused-ring (bicyclic) bond motifs is 3. The SMILES string of the molecule is CN1C(c2ccccc2)Cc2c(sc3nc(N(C4CCCCC4)C4CCCCC4)n(-c4ccc(Cl)cc4)c(=O)c23)C1c1ccccc1. The van der Waals surface area contributed by atoms with E-state index in [1.807, 2.05) is 28.8 Å². The van der Waals surface area contributed by atoms with Crippen molar-refractivity contribution in [3.8, 4) is 5.69 Å². The van der Waals surface area contributed by atoms with E-state index in [9.17, 15) is 0 Å². The molecule has 2 aromatic heterocycles. The number of hydrogen-bond acceptors (Lipinski definition) is 5. The molecule has 2 aliphatic carbocycles. The summed E-state index contributed by atoms with van der Waals surface area (Å²) in [5, 5.41) is 1.45. The van der Waals surface area contributed by atoms with Crippen molar-refractivity contribution in [1.29, 1.82) is 0 Å². The van der Waals surface area contributed by atoms with Crippen LogP contribution in [0.15, 0.2) is 89.7 Å². The zero-order chi connectivity index (χ0) is 31.9. The fourth-order valence-corrected chi connectivity index (χ4v) is 10.1. The molecule has 5 aromatic rings. The number of thiophene rings is 1. The van der Waals surface area contributed by atoms with Crippen molar-refractivity contribution in [2.75, 3.05) is 11.9 Å². The van der Waals surface area contributed by atoms with Crippen LogP contribution in [0.2, 0.25) is 5.02 Å². The van der Waals surface area contributed by atoms with Crippen LogP contribution >= 0.6 is 22.9 Å². The van der Waals surface area contributed by atoms with E-state index in [1.54, 1.807) is 11.3 Å². The van der Waals surface area contributed by atoms with Gasteiger partial charge in [0.1, 0.15) is 4.83 Å². The van der Waals surface area contributed by atoms with Gasteiger partial charge in [0, 0.05) is 28.0 Å². The van der Waals surface area contributed by atoms with Gasteiger partial charge in [0.2, 0.25) is 5.95 Å². The highest BCUT2D eigenvalue weighted by atomic mass is 35.5. The average molecular weight is 663 g/mol. The molecule has 7 heteroatoms. The second kappa shape index (κ2) is 13.2. The van der Waals surface area contributed by atoms with Crippen molar-refractivity contribution in [3.63, 3.8) is 0 Å². The Morgan fingerprint density at radius 1 is 0.766 bits per heavy atom. The molecule has 242 valence electrons. The maximum absolute atomic E-state index is 15.3. The van der Waals surface area contributed by atoms with E-state index in [-0.39, 0.29) is 17.6 Å². The van der Waals surface area contributed by atoms with E-state index in [2.05, 4.69) is 77.5 Å². The summed E-state index contributed by atoms with van der Waals surface area (Å²) in [5.74, 6) is 0.825. The molecule has 2 fully saturated rings. The third kappa shape index (κ3) is 5.72. The van der Waals surface area contributed by atoms with Gasteiger partial charge in [0.05, 0.1) is 17.1 Å². The summed E-state index contributed by atoms with van der Waals surface area (Å²) >= 11 is 8.14.